The van der Waals surface area contributed by atoms with Crippen LogP contribution in [0.4, 0.5) is 0 Å². The van der Waals surface area contributed by atoms with Crippen molar-refractivity contribution in [1.82, 2.24) is 9.80 Å². The predicted molar refractivity (Wildman–Crippen MR) is 73.1 cm³/mol. The third kappa shape index (κ3) is 3.43. The maximum Gasteiger partial charge on any atom is 0.0120 e. The van der Waals surface area contributed by atoms with Crippen molar-refractivity contribution < 1.29 is 0 Å². The molecule has 2 saturated heterocycles. The third-order valence-electron chi connectivity index (χ3n) is 4.73. The zero-order chi connectivity index (χ0) is 12.3. The highest BCUT2D eigenvalue weighted by molar-refractivity contribution is 4.84. The van der Waals surface area contributed by atoms with Crippen molar-refractivity contribution in [1.29, 1.82) is 0 Å². The summed E-state index contributed by atoms with van der Waals surface area (Å²) in [5, 5.41) is 0. The summed E-state index contributed by atoms with van der Waals surface area (Å²) in [6.07, 6.45) is 5.37. The lowest BCUT2D eigenvalue weighted by Crippen LogP contribution is -2.49. The Hall–Kier alpha value is -0.120. The second-order valence-electron chi connectivity index (χ2n) is 6.08. The van der Waals surface area contributed by atoms with Crippen LogP contribution in [0.1, 0.15) is 39.5 Å². The summed E-state index contributed by atoms with van der Waals surface area (Å²) < 4.78 is 0. The van der Waals surface area contributed by atoms with Crippen molar-refractivity contribution in [3.63, 3.8) is 0 Å². The molecule has 2 heterocycles. The summed E-state index contributed by atoms with van der Waals surface area (Å²) in [6.45, 7) is 10.7. The van der Waals surface area contributed by atoms with E-state index in [1.165, 1.54) is 51.9 Å². The van der Waals surface area contributed by atoms with Crippen molar-refractivity contribution in [3.8, 4) is 0 Å². The highest BCUT2D eigenvalue weighted by atomic mass is 15.2. The standard InChI is InChI=1S/C14H29N3/c1-12(2)16-9-5-14(6-10-16)17-7-3-13(11-15)4-8-17/h12-14H,3-11,15H2,1-2H3. The number of hydrogen-bond acceptors (Lipinski definition) is 3. The van der Waals surface area contributed by atoms with E-state index in [0.717, 1.165) is 24.5 Å². The summed E-state index contributed by atoms with van der Waals surface area (Å²) >= 11 is 0. The Labute approximate surface area is 106 Å². The first-order valence-corrected chi connectivity index (χ1v) is 7.39. The van der Waals surface area contributed by atoms with E-state index in [0.29, 0.717) is 0 Å². The molecule has 2 rings (SSSR count). The fraction of sp³-hybridized carbons (Fsp3) is 1.00. The van der Waals surface area contributed by atoms with Gasteiger partial charge in [0.1, 0.15) is 0 Å². The Balaban J connectivity index is 1.74. The molecule has 3 heteroatoms. The van der Waals surface area contributed by atoms with Gasteiger partial charge < -0.3 is 15.5 Å². The molecule has 0 aromatic heterocycles. The lowest BCUT2D eigenvalue weighted by molar-refractivity contribution is 0.0684. The maximum absolute atomic E-state index is 5.75. The normalized spacial score (nSPS) is 26.8. The Morgan fingerprint density at radius 2 is 1.59 bits per heavy atom. The van der Waals surface area contributed by atoms with Crippen LogP contribution >= 0.6 is 0 Å². The third-order valence-corrected chi connectivity index (χ3v) is 4.73. The fourth-order valence-electron chi connectivity index (χ4n) is 3.32. The first kappa shape index (κ1) is 13.3. The van der Waals surface area contributed by atoms with E-state index in [4.69, 9.17) is 5.73 Å². The number of likely N-dealkylation sites (tertiary alicyclic amines) is 2. The zero-order valence-electron chi connectivity index (χ0n) is 11.6. The van der Waals surface area contributed by atoms with E-state index in [-0.39, 0.29) is 0 Å². The molecule has 0 aliphatic carbocycles. The number of piperidine rings is 2. The van der Waals surface area contributed by atoms with Crippen LogP contribution in [-0.4, -0.2) is 54.6 Å². The highest BCUT2D eigenvalue weighted by Crippen LogP contribution is 2.23. The molecule has 0 saturated carbocycles. The quantitative estimate of drug-likeness (QED) is 0.811. The summed E-state index contributed by atoms with van der Waals surface area (Å²) in [7, 11) is 0. The van der Waals surface area contributed by atoms with Gasteiger partial charge in [-0.3, -0.25) is 0 Å². The summed E-state index contributed by atoms with van der Waals surface area (Å²) in [4.78, 5) is 5.34. The van der Waals surface area contributed by atoms with Crippen LogP contribution in [0, 0.1) is 5.92 Å². The van der Waals surface area contributed by atoms with Crippen LogP contribution in [0.2, 0.25) is 0 Å². The number of hydrogen-bond donors (Lipinski definition) is 1. The Morgan fingerprint density at radius 1 is 1.00 bits per heavy atom. The summed E-state index contributed by atoms with van der Waals surface area (Å²) in [5.74, 6) is 0.794. The molecule has 2 aliphatic heterocycles. The van der Waals surface area contributed by atoms with Gasteiger partial charge in [-0.05, 0) is 78.2 Å². The van der Waals surface area contributed by atoms with E-state index in [2.05, 4.69) is 23.6 Å². The molecular weight excluding hydrogens is 210 g/mol. The molecule has 3 nitrogen and oxygen atoms in total. The average Bonchev–Trinajstić information content (AvgIpc) is 2.39. The van der Waals surface area contributed by atoms with Crippen LogP contribution in [-0.2, 0) is 0 Å². The zero-order valence-corrected chi connectivity index (χ0v) is 11.6. The van der Waals surface area contributed by atoms with E-state index < -0.39 is 0 Å². The van der Waals surface area contributed by atoms with Crippen LogP contribution in [0.3, 0.4) is 0 Å². The van der Waals surface area contributed by atoms with Gasteiger partial charge in [-0.2, -0.15) is 0 Å². The van der Waals surface area contributed by atoms with Crippen LogP contribution in [0.5, 0.6) is 0 Å². The Morgan fingerprint density at radius 3 is 2.06 bits per heavy atom. The lowest BCUT2D eigenvalue weighted by Gasteiger charge is -2.42. The van der Waals surface area contributed by atoms with Crippen LogP contribution in [0.15, 0.2) is 0 Å². The van der Waals surface area contributed by atoms with Gasteiger partial charge in [0, 0.05) is 12.1 Å². The minimum atomic E-state index is 0.721. The van der Waals surface area contributed by atoms with Crippen molar-refractivity contribution in [3.05, 3.63) is 0 Å². The van der Waals surface area contributed by atoms with Gasteiger partial charge in [0.2, 0.25) is 0 Å². The number of nitrogens with two attached hydrogens (primary N) is 1. The van der Waals surface area contributed by atoms with Crippen LogP contribution in [0.25, 0.3) is 0 Å². The summed E-state index contributed by atoms with van der Waals surface area (Å²) in [5.41, 5.74) is 5.75. The molecule has 2 fully saturated rings. The van der Waals surface area contributed by atoms with E-state index in [1.807, 2.05) is 0 Å². The lowest BCUT2D eigenvalue weighted by atomic mass is 9.93. The van der Waals surface area contributed by atoms with Crippen molar-refractivity contribution in [2.24, 2.45) is 11.7 Å². The first-order chi connectivity index (χ1) is 8.20. The molecule has 0 spiro atoms. The van der Waals surface area contributed by atoms with E-state index in [1.54, 1.807) is 0 Å². The number of nitrogens with zero attached hydrogens (tertiary/aromatic N) is 2. The van der Waals surface area contributed by atoms with Gasteiger partial charge in [0.15, 0.2) is 0 Å². The largest absolute Gasteiger partial charge is 0.330 e. The average molecular weight is 239 g/mol. The minimum Gasteiger partial charge on any atom is -0.330 e. The molecule has 17 heavy (non-hydrogen) atoms. The molecular formula is C14H29N3. The Kier molecular flexibility index (Phi) is 4.83. The van der Waals surface area contributed by atoms with Gasteiger partial charge in [0.25, 0.3) is 0 Å². The minimum absolute atomic E-state index is 0.721. The predicted octanol–water partition coefficient (Wildman–Crippen LogP) is 1.53. The molecule has 2 aliphatic rings. The molecule has 0 amide bonds. The fourth-order valence-corrected chi connectivity index (χ4v) is 3.32. The molecule has 100 valence electrons. The number of rotatable bonds is 3. The highest BCUT2D eigenvalue weighted by Gasteiger charge is 2.28. The first-order valence-electron chi connectivity index (χ1n) is 7.39. The molecule has 0 atom stereocenters. The van der Waals surface area contributed by atoms with Gasteiger partial charge >= 0.3 is 0 Å². The van der Waals surface area contributed by atoms with Gasteiger partial charge in [-0.25, -0.2) is 0 Å². The second kappa shape index (κ2) is 6.17. The monoisotopic (exact) mass is 239 g/mol. The van der Waals surface area contributed by atoms with E-state index >= 15 is 0 Å². The second-order valence-corrected chi connectivity index (χ2v) is 6.08. The van der Waals surface area contributed by atoms with Gasteiger partial charge in [-0.15, -0.1) is 0 Å². The van der Waals surface area contributed by atoms with E-state index in [9.17, 15) is 0 Å². The van der Waals surface area contributed by atoms with Crippen molar-refractivity contribution >= 4 is 0 Å². The van der Waals surface area contributed by atoms with Crippen LogP contribution < -0.4 is 5.73 Å². The molecule has 0 radical (unpaired) electrons. The van der Waals surface area contributed by atoms with Crippen molar-refractivity contribution in [2.75, 3.05) is 32.7 Å². The SMILES string of the molecule is CC(C)N1CCC(N2CCC(CN)CC2)CC1. The molecule has 0 unspecified atom stereocenters. The summed E-state index contributed by atoms with van der Waals surface area (Å²) in [6, 6.07) is 1.57. The van der Waals surface area contributed by atoms with Gasteiger partial charge in [0.05, 0.1) is 0 Å². The molecule has 0 aromatic carbocycles. The topological polar surface area (TPSA) is 32.5 Å². The molecule has 2 N–H and O–H groups in total. The van der Waals surface area contributed by atoms with Crippen molar-refractivity contribution in [2.45, 2.75) is 51.6 Å². The smallest absolute Gasteiger partial charge is 0.0120 e. The molecule has 0 bridgehead atoms. The van der Waals surface area contributed by atoms with Gasteiger partial charge in [-0.1, -0.05) is 0 Å². The Bertz CT molecular complexity index is 214. The maximum atomic E-state index is 5.75. The molecule has 0 aromatic rings.